The van der Waals surface area contributed by atoms with Crippen molar-refractivity contribution in [2.75, 3.05) is 4.90 Å². The minimum absolute atomic E-state index is 0.0790. The average Bonchev–Trinajstić information content (AvgIpc) is 3.92. The largest absolute Gasteiger partial charge is 0.455 e. The number of aromatic nitrogens is 1. The first-order valence-electron chi connectivity index (χ1n) is 20.8. The van der Waals surface area contributed by atoms with E-state index in [2.05, 4.69) is 230 Å². The molecule has 1 aliphatic rings. The molecule has 0 amide bonds. The van der Waals surface area contributed by atoms with E-state index in [0.717, 1.165) is 55.8 Å². The Hall–Kier alpha value is -7.62. The molecule has 0 aliphatic heterocycles. The fraction of sp³-hybridized carbons (Fsp3) is 0.0526. The van der Waals surface area contributed by atoms with Gasteiger partial charge in [-0.15, -0.1) is 0 Å². The molecular weight excluding hydrogens is 729 g/mol. The van der Waals surface area contributed by atoms with Crippen molar-refractivity contribution in [1.82, 2.24) is 4.57 Å². The molecule has 0 saturated heterocycles. The van der Waals surface area contributed by atoms with Crippen LogP contribution in [0.3, 0.4) is 0 Å². The van der Waals surface area contributed by atoms with Crippen molar-refractivity contribution in [2.24, 2.45) is 0 Å². The van der Waals surface area contributed by atoms with Crippen molar-refractivity contribution in [2.45, 2.75) is 19.3 Å². The zero-order valence-corrected chi connectivity index (χ0v) is 33.4. The Bertz CT molecular complexity index is 3420. The number of para-hydroxylation sites is 5. The predicted octanol–water partition coefficient (Wildman–Crippen LogP) is 15.8. The Balaban J connectivity index is 1.08. The lowest BCUT2D eigenvalue weighted by Crippen LogP contribution is -2.14. The van der Waals surface area contributed by atoms with E-state index in [1.165, 1.54) is 55.2 Å². The molecule has 11 aromatic rings. The van der Waals surface area contributed by atoms with Crippen molar-refractivity contribution in [3.8, 4) is 39.1 Å². The van der Waals surface area contributed by atoms with Gasteiger partial charge in [0.2, 0.25) is 0 Å². The fourth-order valence-electron chi connectivity index (χ4n) is 9.95. The second-order valence-corrected chi connectivity index (χ2v) is 16.5. The maximum Gasteiger partial charge on any atom is 0.143 e. The smallest absolute Gasteiger partial charge is 0.143 e. The SMILES string of the molecule is CC1(C)c2ccccc2-c2ccc(-c3cccc(N(c4ccccc4)c4cc(-c5ccccc5-n5c6ccccc6c6ccccc65)c5oc6ccccc6c5c4)c3)cc21. The molecule has 2 heterocycles. The van der Waals surface area contributed by atoms with Crippen LogP contribution in [0.1, 0.15) is 25.0 Å². The summed E-state index contributed by atoms with van der Waals surface area (Å²) in [6.07, 6.45) is 0. The van der Waals surface area contributed by atoms with Crippen LogP contribution in [-0.2, 0) is 5.41 Å². The molecule has 0 N–H and O–H groups in total. The summed E-state index contributed by atoms with van der Waals surface area (Å²) in [7, 11) is 0. The molecule has 2 aromatic heterocycles. The van der Waals surface area contributed by atoms with E-state index in [-0.39, 0.29) is 5.41 Å². The highest BCUT2D eigenvalue weighted by atomic mass is 16.3. The van der Waals surface area contributed by atoms with Gasteiger partial charge in [0.15, 0.2) is 0 Å². The van der Waals surface area contributed by atoms with Crippen LogP contribution in [0.2, 0.25) is 0 Å². The molecule has 9 aromatic carbocycles. The summed E-state index contributed by atoms with van der Waals surface area (Å²) < 4.78 is 9.27. The lowest BCUT2D eigenvalue weighted by Gasteiger charge is -2.27. The number of fused-ring (bicyclic) bond motifs is 9. The van der Waals surface area contributed by atoms with Gasteiger partial charge < -0.3 is 13.9 Å². The zero-order chi connectivity index (χ0) is 40.0. The zero-order valence-electron chi connectivity index (χ0n) is 33.4. The molecule has 1 aliphatic carbocycles. The van der Waals surface area contributed by atoms with Crippen LogP contribution in [0.4, 0.5) is 17.1 Å². The van der Waals surface area contributed by atoms with Crippen LogP contribution < -0.4 is 4.90 Å². The van der Waals surface area contributed by atoms with E-state index >= 15 is 0 Å². The number of benzene rings is 9. The predicted molar refractivity (Wildman–Crippen MR) is 251 cm³/mol. The molecule has 0 atom stereocenters. The summed E-state index contributed by atoms with van der Waals surface area (Å²) in [4.78, 5) is 2.39. The number of hydrogen-bond donors (Lipinski definition) is 0. The topological polar surface area (TPSA) is 21.3 Å². The van der Waals surface area contributed by atoms with Gasteiger partial charge in [-0.25, -0.2) is 0 Å². The van der Waals surface area contributed by atoms with Gasteiger partial charge in [-0.2, -0.15) is 0 Å². The summed E-state index contributed by atoms with van der Waals surface area (Å²) in [5, 5.41) is 4.63. The van der Waals surface area contributed by atoms with Gasteiger partial charge >= 0.3 is 0 Å². The summed E-state index contributed by atoms with van der Waals surface area (Å²) in [6.45, 7) is 4.70. The fourth-order valence-corrected chi connectivity index (χ4v) is 9.95. The van der Waals surface area contributed by atoms with Crippen molar-refractivity contribution >= 4 is 60.8 Å². The van der Waals surface area contributed by atoms with E-state index in [1.807, 2.05) is 0 Å². The highest BCUT2D eigenvalue weighted by molar-refractivity contribution is 6.14. The van der Waals surface area contributed by atoms with Gasteiger partial charge in [0.05, 0.1) is 16.7 Å². The molecule has 0 radical (unpaired) electrons. The third-order valence-electron chi connectivity index (χ3n) is 12.8. The minimum atomic E-state index is -0.0790. The van der Waals surface area contributed by atoms with Gasteiger partial charge in [-0.3, -0.25) is 0 Å². The highest BCUT2D eigenvalue weighted by Crippen LogP contribution is 2.50. The van der Waals surface area contributed by atoms with Gasteiger partial charge in [-0.1, -0.05) is 153 Å². The van der Waals surface area contributed by atoms with Crippen LogP contribution in [0.15, 0.2) is 211 Å². The van der Waals surface area contributed by atoms with Gasteiger partial charge in [0.25, 0.3) is 0 Å². The van der Waals surface area contributed by atoms with Crippen molar-refractivity contribution in [3.63, 3.8) is 0 Å². The Labute approximate surface area is 349 Å². The Morgan fingerprint density at radius 3 is 1.82 bits per heavy atom. The lowest BCUT2D eigenvalue weighted by molar-refractivity contribution is 0.660. The first kappa shape index (κ1) is 34.4. The summed E-state index contributed by atoms with van der Waals surface area (Å²) >= 11 is 0. The van der Waals surface area contributed by atoms with Crippen molar-refractivity contribution in [3.05, 3.63) is 217 Å². The molecule has 0 fully saturated rings. The van der Waals surface area contributed by atoms with Crippen LogP contribution >= 0.6 is 0 Å². The first-order valence-corrected chi connectivity index (χ1v) is 20.8. The molecule has 60 heavy (non-hydrogen) atoms. The third-order valence-corrected chi connectivity index (χ3v) is 12.8. The van der Waals surface area contributed by atoms with E-state index in [4.69, 9.17) is 4.42 Å². The van der Waals surface area contributed by atoms with Gasteiger partial charge in [-0.05, 0) is 100 Å². The number of furan rings is 1. The molecule has 0 unspecified atom stereocenters. The second kappa shape index (κ2) is 13.2. The van der Waals surface area contributed by atoms with Crippen molar-refractivity contribution < 1.29 is 4.42 Å². The number of hydrogen-bond acceptors (Lipinski definition) is 2. The molecule has 0 bridgehead atoms. The Morgan fingerprint density at radius 2 is 1.02 bits per heavy atom. The first-order chi connectivity index (χ1) is 29.5. The van der Waals surface area contributed by atoms with Crippen LogP contribution in [0.5, 0.6) is 0 Å². The van der Waals surface area contributed by atoms with Gasteiger partial charge in [0.1, 0.15) is 11.2 Å². The van der Waals surface area contributed by atoms with Crippen molar-refractivity contribution in [1.29, 1.82) is 0 Å². The molecule has 0 spiro atoms. The summed E-state index contributed by atoms with van der Waals surface area (Å²) in [5.41, 5.74) is 18.3. The monoisotopic (exact) mass is 768 g/mol. The summed E-state index contributed by atoms with van der Waals surface area (Å²) in [5.74, 6) is 0. The Kier molecular flexibility index (Phi) is 7.58. The molecule has 12 rings (SSSR count). The molecule has 3 nitrogen and oxygen atoms in total. The van der Waals surface area contributed by atoms with Crippen LogP contribution in [-0.4, -0.2) is 4.57 Å². The highest BCUT2D eigenvalue weighted by Gasteiger charge is 2.35. The van der Waals surface area contributed by atoms with E-state index in [1.54, 1.807) is 0 Å². The average molecular weight is 769 g/mol. The van der Waals surface area contributed by atoms with E-state index in [0.29, 0.717) is 0 Å². The van der Waals surface area contributed by atoms with Gasteiger partial charge in [0, 0.05) is 55.1 Å². The normalized spacial score (nSPS) is 13.0. The minimum Gasteiger partial charge on any atom is -0.455 e. The molecule has 3 heteroatoms. The maximum atomic E-state index is 6.86. The Morgan fingerprint density at radius 1 is 0.400 bits per heavy atom. The van der Waals surface area contributed by atoms with E-state index < -0.39 is 0 Å². The molecule has 0 saturated carbocycles. The quantitative estimate of drug-likeness (QED) is 0.168. The van der Waals surface area contributed by atoms with Crippen LogP contribution in [0, 0.1) is 0 Å². The maximum absolute atomic E-state index is 6.86. The molecular formula is C57H40N2O. The number of anilines is 3. The summed E-state index contributed by atoms with van der Waals surface area (Å²) in [6, 6.07) is 74.8. The van der Waals surface area contributed by atoms with Crippen LogP contribution in [0.25, 0.3) is 82.8 Å². The second-order valence-electron chi connectivity index (χ2n) is 16.5. The lowest BCUT2D eigenvalue weighted by atomic mass is 9.81. The number of nitrogens with zero attached hydrogens (tertiary/aromatic N) is 2. The number of rotatable bonds is 6. The standard InChI is InChI=1S/C57H40N2O/c1-57(2)50-26-11-6-21-42(50)43-32-31-38(34-51(43)57)37-17-16-20-40(33-37)58(39-18-4-3-5-19-39)41-35-48(56-49(36-41)47-25-10-15-30-55(47)60-56)46-24-9-14-29-54(46)59-52-27-12-7-22-44(52)45-23-8-13-28-53(45)59/h3-36H,1-2H3. The molecule has 284 valence electrons. The third kappa shape index (κ3) is 5.15. The van der Waals surface area contributed by atoms with E-state index in [9.17, 15) is 0 Å².